The zero-order valence-corrected chi connectivity index (χ0v) is 27.8. The molecule has 50 heavy (non-hydrogen) atoms. The smallest absolute Gasteiger partial charge is 0.292 e. The molecule has 1 fully saturated rings. The number of nitro benzene ring substituents is 1. The summed E-state index contributed by atoms with van der Waals surface area (Å²) in [6.45, 7) is 0.826. The van der Waals surface area contributed by atoms with Gasteiger partial charge in [0.05, 0.1) is 36.1 Å². The number of rotatable bonds is 13. The van der Waals surface area contributed by atoms with Crippen LogP contribution in [0.4, 0.5) is 21.5 Å². The lowest BCUT2D eigenvalue weighted by Crippen LogP contribution is -2.38. The molecule has 0 saturated carbocycles. The molecule has 2 N–H and O–H groups in total. The summed E-state index contributed by atoms with van der Waals surface area (Å²) in [5, 5.41) is 31.1. The van der Waals surface area contributed by atoms with Gasteiger partial charge in [-0.05, 0) is 96.1 Å². The van der Waals surface area contributed by atoms with Gasteiger partial charge in [-0.25, -0.2) is 4.39 Å². The molecule has 0 spiro atoms. The van der Waals surface area contributed by atoms with E-state index in [0.29, 0.717) is 38.0 Å². The predicted molar refractivity (Wildman–Crippen MR) is 189 cm³/mol. The van der Waals surface area contributed by atoms with Crippen LogP contribution in [0.3, 0.4) is 0 Å². The maximum atomic E-state index is 14.1. The van der Waals surface area contributed by atoms with Gasteiger partial charge in [-0.1, -0.05) is 36.4 Å². The summed E-state index contributed by atoms with van der Waals surface area (Å²) in [5.41, 5.74) is 4.55. The quantitative estimate of drug-likeness (QED) is 0.108. The first-order valence-corrected chi connectivity index (χ1v) is 16.4. The van der Waals surface area contributed by atoms with Crippen molar-refractivity contribution in [3.8, 4) is 11.5 Å². The Bertz CT molecular complexity index is 1900. The number of nitro groups is 2. The third kappa shape index (κ3) is 7.60. The average molecular weight is 680 g/mol. The molecule has 11 nitrogen and oxygen atoms in total. The first-order chi connectivity index (χ1) is 24.2. The van der Waals surface area contributed by atoms with E-state index in [1.54, 1.807) is 44.6 Å². The summed E-state index contributed by atoms with van der Waals surface area (Å²) in [7, 11) is 3.19. The molecule has 0 aromatic heterocycles. The fourth-order valence-electron chi connectivity index (χ4n) is 6.73. The highest BCUT2D eigenvalue weighted by atomic mass is 19.1. The summed E-state index contributed by atoms with van der Waals surface area (Å²) in [4.78, 5) is 26.0. The van der Waals surface area contributed by atoms with Gasteiger partial charge in [-0.15, -0.1) is 0 Å². The monoisotopic (exact) mass is 679 g/mol. The van der Waals surface area contributed by atoms with Crippen molar-refractivity contribution in [1.29, 1.82) is 0 Å². The second kappa shape index (κ2) is 15.2. The van der Waals surface area contributed by atoms with Crippen molar-refractivity contribution in [2.75, 3.05) is 24.4 Å². The van der Waals surface area contributed by atoms with Crippen LogP contribution in [0.15, 0.2) is 114 Å². The van der Waals surface area contributed by atoms with Crippen LogP contribution < -0.4 is 25.0 Å². The number of hydrogen-bond donors (Lipinski definition) is 2. The normalized spacial score (nSPS) is 18.6. The van der Waals surface area contributed by atoms with Gasteiger partial charge in [0.2, 0.25) is 0 Å². The highest BCUT2D eigenvalue weighted by molar-refractivity contribution is 5.65. The summed E-state index contributed by atoms with van der Waals surface area (Å²) < 4.78 is 24.5. The van der Waals surface area contributed by atoms with Crippen molar-refractivity contribution >= 4 is 17.1 Å². The molecule has 12 heteroatoms. The molecule has 0 radical (unpaired) electrons. The number of anilines is 2. The molecule has 4 aromatic rings. The van der Waals surface area contributed by atoms with Gasteiger partial charge in [-0.3, -0.25) is 20.2 Å². The van der Waals surface area contributed by atoms with Crippen molar-refractivity contribution in [2.24, 2.45) is 0 Å². The van der Waals surface area contributed by atoms with Crippen LogP contribution in [0.25, 0.3) is 0 Å². The zero-order valence-electron chi connectivity index (χ0n) is 27.8. The number of halogens is 1. The third-order valence-electron chi connectivity index (χ3n) is 9.32. The van der Waals surface area contributed by atoms with Crippen molar-refractivity contribution in [3.05, 3.63) is 157 Å². The number of methoxy groups -OCH3 is 2. The molecular weight excluding hydrogens is 641 g/mol. The standard InChI is InChI=1S/C38H38FN5O6/c1-49-31-13-3-25(4-14-31)23-40-33-17-7-27(21-37(33)43(45)46)35-19-20-36(42(35)30-11-9-29(39)10-12-30)28-8-18-34(38(22-28)44(47)48)41-24-26-5-15-32(50-2)16-6-26/h3-17,21-22,34-36,40-41H,18-20,23-24H2,1-2H3. The molecule has 1 heterocycles. The van der Waals surface area contributed by atoms with E-state index in [-0.39, 0.29) is 34.2 Å². The minimum absolute atomic E-state index is 0.0586. The molecule has 1 aliphatic heterocycles. The van der Waals surface area contributed by atoms with Gasteiger partial charge >= 0.3 is 0 Å². The molecule has 3 atom stereocenters. The fraction of sp³-hybridized carbons (Fsp3) is 0.263. The largest absolute Gasteiger partial charge is 0.497 e. The van der Waals surface area contributed by atoms with E-state index < -0.39 is 11.0 Å². The lowest BCUT2D eigenvalue weighted by molar-refractivity contribution is -0.430. The molecule has 258 valence electrons. The van der Waals surface area contributed by atoms with Crippen molar-refractivity contribution in [1.82, 2.24) is 5.32 Å². The fourth-order valence-corrected chi connectivity index (χ4v) is 6.73. The van der Waals surface area contributed by atoms with Crippen molar-refractivity contribution < 1.29 is 23.7 Å². The first-order valence-electron chi connectivity index (χ1n) is 16.4. The van der Waals surface area contributed by atoms with Gasteiger partial charge in [0.25, 0.3) is 11.4 Å². The molecule has 4 aromatic carbocycles. The van der Waals surface area contributed by atoms with E-state index in [1.807, 2.05) is 60.7 Å². The summed E-state index contributed by atoms with van der Waals surface area (Å²) in [6, 6.07) is 25.2. The zero-order chi connectivity index (χ0) is 35.2. The average Bonchev–Trinajstić information content (AvgIpc) is 3.59. The highest BCUT2D eigenvalue weighted by Crippen LogP contribution is 2.45. The number of ether oxygens (including phenoxy) is 2. The molecular formula is C38H38FN5O6. The van der Waals surface area contributed by atoms with E-state index in [4.69, 9.17) is 9.47 Å². The minimum atomic E-state index is -0.493. The SMILES string of the molecule is COc1ccc(CNc2ccc(C3CCC(C4=CCC(NCc5ccc(OC)cc5)C([N+](=O)[O-])=C4)N3c3ccc(F)cc3)cc2[N+](=O)[O-])cc1. The number of nitrogens with one attached hydrogen (secondary N) is 2. The molecule has 1 saturated heterocycles. The number of hydrogen-bond acceptors (Lipinski definition) is 9. The Morgan fingerprint density at radius 1 is 0.800 bits per heavy atom. The van der Waals surface area contributed by atoms with E-state index in [1.165, 1.54) is 12.1 Å². The Morgan fingerprint density at radius 2 is 1.42 bits per heavy atom. The first kappa shape index (κ1) is 34.1. The van der Waals surface area contributed by atoms with E-state index in [0.717, 1.165) is 39.4 Å². The Balaban J connectivity index is 1.25. The van der Waals surface area contributed by atoms with Gasteiger partial charge in [0, 0.05) is 30.9 Å². The van der Waals surface area contributed by atoms with Crippen LogP contribution in [-0.2, 0) is 13.1 Å². The number of nitrogens with zero attached hydrogens (tertiary/aromatic N) is 3. The van der Waals surface area contributed by atoms with Gasteiger partial charge < -0.3 is 25.0 Å². The van der Waals surface area contributed by atoms with Crippen LogP contribution >= 0.6 is 0 Å². The Labute approximate surface area is 289 Å². The van der Waals surface area contributed by atoms with Crippen LogP contribution in [0, 0.1) is 26.0 Å². The topological polar surface area (TPSA) is 132 Å². The second-order valence-corrected chi connectivity index (χ2v) is 12.3. The molecule has 0 bridgehead atoms. The summed E-state index contributed by atoms with van der Waals surface area (Å²) in [6.07, 6.45) is 5.36. The molecule has 1 aliphatic carbocycles. The van der Waals surface area contributed by atoms with Gasteiger partial charge in [0.1, 0.15) is 29.0 Å². The minimum Gasteiger partial charge on any atom is -0.497 e. The number of benzene rings is 4. The summed E-state index contributed by atoms with van der Waals surface area (Å²) >= 11 is 0. The lowest BCUT2D eigenvalue weighted by atomic mass is 9.93. The maximum absolute atomic E-state index is 14.1. The highest BCUT2D eigenvalue weighted by Gasteiger charge is 2.39. The van der Waals surface area contributed by atoms with Gasteiger partial charge in [0.15, 0.2) is 0 Å². The van der Waals surface area contributed by atoms with Crippen molar-refractivity contribution in [3.63, 3.8) is 0 Å². The summed E-state index contributed by atoms with van der Waals surface area (Å²) in [5.74, 6) is 1.07. The third-order valence-corrected chi connectivity index (χ3v) is 9.32. The molecule has 2 aliphatic rings. The van der Waals surface area contributed by atoms with E-state index in [9.17, 15) is 24.6 Å². The second-order valence-electron chi connectivity index (χ2n) is 12.3. The Hall–Kier alpha value is -5.75. The van der Waals surface area contributed by atoms with Gasteiger partial charge in [-0.2, -0.15) is 0 Å². The van der Waals surface area contributed by atoms with Crippen LogP contribution in [-0.4, -0.2) is 36.1 Å². The van der Waals surface area contributed by atoms with Crippen LogP contribution in [0.1, 0.15) is 42.0 Å². The predicted octanol–water partition coefficient (Wildman–Crippen LogP) is 7.72. The van der Waals surface area contributed by atoms with E-state index in [2.05, 4.69) is 15.5 Å². The van der Waals surface area contributed by atoms with E-state index >= 15 is 0 Å². The molecule has 3 unspecified atom stereocenters. The maximum Gasteiger partial charge on any atom is 0.292 e. The van der Waals surface area contributed by atoms with Crippen molar-refractivity contribution in [2.45, 2.75) is 50.5 Å². The Kier molecular flexibility index (Phi) is 10.4. The Morgan fingerprint density at radius 3 is 2.02 bits per heavy atom. The van der Waals surface area contributed by atoms with Crippen LogP contribution in [0.5, 0.6) is 11.5 Å². The van der Waals surface area contributed by atoms with Crippen LogP contribution in [0.2, 0.25) is 0 Å². The molecule has 6 rings (SSSR count). The molecule has 0 amide bonds. The lowest BCUT2D eigenvalue weighted by Gasteiger charge is -2.34.